The third-order valence-electron chi connectivity index (χ3n) is 3.13. The molecule has 3 nitrogen and oxygen atoms in total. The molecule has 0 bridgehead atoms. The maximum absolute atomic E-state index is 11.7. The molecule has 0 aliphatic rings. The minimum atomic E-state index is -3.05. The lowest BCUT2D eigenvalue weighted by Gasteiger charge is -2.10. The molecule has 0 radical (unpaired) electrons. The Bertz CT molecular complexity index is 708. The number of rotatable bonds is 5. The summed E-state index contributed by atoms with van der Waals surface area (Å²) in [6.45, 7) is 3.55. The SMILES string of the molecule is CC(C)S(=O)(=O)CCOc1ccc2cc(Br)ccc2c1. The minimum absolute atomic E-state index is 0.0447. The van der Waals surface area contributed by atoms with Gasteiger partial charge in [-0.3, -0.25) is 0 Å². The Morgan fingerprint density at radius 2 is 1.75 bits per heavy atom. The summed E-state index contributed by atoms with van der Waals surface area (Å²) in [5.41, 5.74) is 0. The Balaban J connectivity index is 2.06. The average molecular weight is 357 g/mol. The van der Waals surface area contributed by atoms with Gasteiger partial charge in [0, 0.05) is 4.47 Å². The van der Waals surface area contributed by atoms with Gasteiger partial charge in [-0.2, -0.15) is 0 Å². The van der Waals surface area contributed by atoms with Crippen LogP contribution in [0.4, 0.5) is 0 Å². The zero-order valence-electron chi connectivity index (χ0n) is 11.5. The largest absolute Gasteiger partial charge is 0.493 e. The first-order chi connectivity index (χ1) is 9.38. The zero-order chi connectivity index (χ0) is 14.8. The van der Waals surface area contributed by atoms with Gasteiger partial charge in [0.2, 0.25) is 0 Å². The maximum atomic E-state index is 11.7. The van der Waals surface area contributed by atoms with E-state index in [4.69, 9.17) is 4.74 Å². The lowest BCUT2D eigenvalue weighted by atomic mass is 10.1. The Hall–Kier alpha value is -1.07. The van der Waals surface area contributed by atoms with Gasteiger partial charge in [-0.1, -0.05) is 28.1 Å². The van der Waals surface area contributed by atoms with Crippen molar-refractivity contribution in [3.05, 3.63) is 40.9 Å². The van der Waals surface area contributed by atoms with Gasteiger partial charge >= 0.3 is 0 Å². The third-order valence-corrected chi connectivity index (χ3v) is 5.79. The van der Waals surface area contributed by atoms with E-state index in [1.807, 2.05) is 36.4 Å². The highest BCUT2D eigenvalue weighted by Crippen LogP contribution is 2.24. The number of ether oxygens (including phenoxy) is 1. The molecule has 0 saturated carbocycles. The normalized spacial score (nSPS) is 12.0. The van der Waals surface area contributed by atoms with E-state index >= 15 is 0 Å². The highest BCUT2D eigenvalue weighted by Gasteiger charge is 2.15. The second-order valence-electron chi connectivity index (χ2n) is 4.92. The highest BCUT2D eigenvalue weighted by molar-refractivity contribution is 9.10. The van der Waals surface area contributed by atoms with Crippen molar-refractivity contribution in [1.82, 2.24) is 0 Å². The summed E-state index contributed by atoms with van der Waals surface area (Å²) in [7, 11) is -3.05. The molecule has 2 rings (SSSR count). The number of hydrogen-bond acceptors (Lipinski definition) is 3. The van der Waals surface area contributed by atoms with Crippen LogP contribution in [0, 0.1) is 0 Å². The Labute approximate surface area is 128 Å². The average Bonchev–Trinajstić information content (AvgIpc) is 2.38. The molecular formula is C15H17BrO3S. The molecule has 0 aliphatic heterocycles. The molecule has 0 amide bonds. The lowest BCUT2D eigenvalue weighted by molar-refractivity contribution is 0.341. The van der Waals surface area contributed by atoms with Gasteiger partial charge in [-0.15, -0.1) is 0 Å². The monoisotopic (exact) mass is 356 g/mol. The maximum Gasteiger partial charge on any atom is 0.155 e. The zero-order valence-corrected chi connectivity index (χ0v) is 13.9. The fourth-order valence-electron chi connectivity index (χ4n) is 1.80. The molecular weight excluding hydrogens is 340 g/mol. The van der Waals surface area contributed by atoms with Crippen molar-refractivity contribution in [3.63, 3.8) is 0 Å². The van der Waals surface area contributed by atoms with Crippen molar-refractivity contribution < 1.29 is 13.2 Å². The molecule has 20 heavy (non-hydrogen) atoms. The first kappa shape index (κ1) is 15.3. The Morgan fingerprint density at radius 3 is 2.45 bits per heavy atom. The van der Waals surface area contributed by atoms with Gasteiger partial charge in [-0.05, 0) is 48.9 Å². The topological polar surface area (TPSA) is 43.4 Å². The molecule has 0 unspecified atom stereocenters. The lowest BCUT2D eigenvalue weighted by Crippen LogP contribution is -2.21. The van der Waals surface area contributed by atoms with Crippen molar-refractivity contribution in [2.45, 2.75) is 19.1 Å². The van der Waals surface area contributed by atoms with Gasteiger partial charge in [-0.25, -0.2) is 8.42 Å². The fourth-order valence-corrected chi connectivity index (χ4v) is 2.96. The molecule has 2 aromatic carbocycles. The number of halogens is 1. The van der Waals surface area contributed by atoms with E-state index in [1.165, 1.54) is 0 Å². The molecule has 0 fully saturated rings. The van der Waals surface area contributed by atoms with E-state index in [-0.39, 0.29) is 17.6 Å². The van der Waals surface area contributed by atoms with Gasteiger partial charge in [0.05, 0.1) is 11.0 Å². The summed E-state index contributed by atoms with van der Waals surface area (Å²) < 4.78 is 29.9. The summed E-state index contributed by atoms with van der Waals surface area (Å²) in [4.78, 5) is 0. The summed E-state index contributed by atoms with van der Waals surface area (Å²) >= 11 is 3.43. The van der Waals surface area contributed by atoms with E-state index in [0.717, 1.165) is 15.2 Å². The van der Waals surface area contributed by atoms with Crippen molar-refractivity contribution in [2.24, 2.45) is 0 Å². The fraction of sp³-hybridized carbons (Fsp3) is 0.333. The van der Waals surface area contributed by atoms with Crippen LogP contribution in [0.5, 0.6) is 5.75 Å². The van der Waals surface area contributed by atoms with Crippen molar-refractivity contribution in [1.29, 1.82) is 0 Å². The molecule has 0 atom stereocenters. The number of hydrogen-bond donors (Lipinski definition) is 0. The number of sulfone groups is 1. The molecule has 0 heterocycles. The van der Waals surface area contributed by atoms with Crippen LogP contribution in [0.2, 0.25) is 0 Å². The van der Waals surface area contributed by atoms with Crippen LogP contribution in [0.15, 0.2) is 40.9 Å². The van der Waals surface area contributed by atoms with Crippen molar-refractivity contribution in [2.75, 3.05) is 12.4 Å². The van der Waals surface area contributed by atoms with E-state index < -0.39 is 9.84 Å². The third kappa shape index (κ3) is 3.73. The van der Waals surface area contributed by atoms with Gasteiger partial charge in [0.15, 0.2) is 9.84 Å². The van der Waals surface area contributed by atoms with Gasteiger partial charge in [0.25, 0.3) is 0 Å². The second kappa shape index (κ2) is 6.14. The number of benzene rings is 2. The summed E-state index contributed by atoms with van der Waals surface area (Å²) in [5.74, 6) is 0.738. The molecule has 108 valence electrons. The van der Waals surface area contributed by atoms with Crippen LogP contribution >= 0.6 is 15.9 Å². The summed E-state index contributed by atoms with van der Waals surface area (Å²) in [6.07, 6.45) is 0. The second-order valence-corrected chi connectivity index (χ2v) is 8.51. The van der Waals surface area contributed by atoms with Crippen LogP contribution in [0.1, 0.15) is 13.8 Å². The van der Waals surface area contributed by atoms with Crippen LogP contribution in [0.3, 0.4) is 0 Å². The first-order valence-corrected chi connectivity index (χ1v) is 8.93. The minimum Gasteiger partial charge on any atom is -0.493 e. The molecule has 2 aromatic rings. The molecule has 5 heteroatoms. The smallest absolute Gasteiger partial charge is 0.155 e. The Morgan fingerprint density at radius 1 is 1.10 bits per heavy atom. The van der Waals surface area contributed by atoms with Crippen LogP contribution in [0.25, 0.3) is 10.8 Å². The molecule has 0 saturated heterocycles. The van der Waals surface area contributed by atoms with Crippen LogP contribution < -0.4 is 4.74 Å². The quantitative estimate of drug-likeness (QED) is 0.818. The molecule has 0 spiro atoms. The Kier molecular flexibility index (Phi) is 4.70. The summed E-state index contributed by atoms with van der Waals surface area (Å²) in [5, 5.41) is 1.82. The first-order valence-electron chi connectivity index (χ1n) is 6.42. The van der Waals surface area contributed by atoms with Gasteiger partial charge < -0.3 is 4.74 Å². The molecule has 0 aromatic heterocycles. The standard InChI is InChI=1S/C15H17BrO3S/c1-11(2)20(17,18)8-7-19-15-6-4-12-9-14(16)5-3-13(12)10-15/h3-6,9-11H,7-8H2,1-2H3. The predicted molar refractivity (Wildman–Crippen MR) is 86.1 cm³/mol. The highest BCUT2D eigenvalue weighted by atomic mass is 79.9. The van der Waals surface area contributed by atoms with E-state index in [1.54, 1.807) is 13.8 Å². The summed E-state index contributed by atoms with van der Waals surface area (Å²) in [6, 6.07) is 11.7. The molecule has 0 aliphatic carbocycles. The molecule has 0 N–H and O–H groups in total. The van der Waals surface area contributed by atoms with E-state index in [0.29, 0.717) is 5.75 Å². The predicted octanol–water partition coefficient (Wildman–Crippen LogP) is 3.80. The number of fused-ring (bicyclic) bond motifs is 1. The van der Waals surface area contributed by atoms with Gasteiger partial charge in [0.1, 0.15) is 12.4 Å². The van der Waals surface area contributed by atoms with Crippen LogP contribution in [-0.4, -0.2) is 26.0 Å². The van der Waals surface area contributed by atoms with Crippen molar-refractivity contribution >= 4 is 36.5 Å². The van der Waals surface area contributed by atoms with E-state index in [9.17, 15) is 8.42 Å². The van der Waals surface area contributed by atoms with Crippen molar-refractivity contribution in [3.8, 4) is 5.75 Å². The van der Waals surface area contributed by atoms with Crippen LogP contribution in [-0.2, 0) is 9.84 Å². The van der Waals surface area contributed by atoms with E-state index in [2.05, 4.69) is 15.9 Å².